The molecule has 0 aliphatic carbocycles. The Morgan fingerprint density at radius 1 is 0.865 bits per heavy atom. The van der Waals surface area contributed by atoms with Gasteiger partial charge in [-0.25, -0.2) is 0 Å². The van der Waals surface area contributed by atoms with E-state index in [1.807, 2.05) is 34.6 Å². The van der Waals surface area contributed by atoms with Gasteiger partial charge in [-0.2, -0.15) is 0 Å². The van der Waals surface area contributed by atoms with Crippen LogP contribution in [-0.4, -0.2) is 36.6 Å². The first-order chi connectivity index (χ1) is 17.3. The lowest BCUT2D eigenvalue weighted by atomic mass is 9.81. The summed E-state index contributed by atoms with van der Waals surface area (Å²) in [6.07, 6.45) is 8.57. The average molecular weight is 557 g/mol. The lowest BCUT2D eigenvalue weighted by molar-refractivity contribution is 0.304. The van der Waals surface area contributed by atoms with Crippen LogP contribution in [0.5, 0.6) is 11.5 Å². The van der Waals surface area contributed by atoms with Gasteiger partial charge in [0, 0.05) is 17.4 Å². The molecule has 8 nitrogen and oxygen atoms in total. The molecule has 10 heteroatoms. The van der Waals surface area contributed by atoms with Gasteiger partial charge in [0.25, 0.3) is 0 Å². The van der Waals surface area contributed by atoms with Gasteiger partial charge in [-0.1, -0.05) is 52.2 Å². The van der Waals surface area contributed by atoms with Gasteiger partial charge in [0.2, 0.25) is 10.9 Å². The summed E-state index contributed by atoms with van der Waals surface area (Å²) in [7, 11) is 0. The number of rotatable bonds is 15. The fourth-order valence-electron chi connectivity index (χ4n) is 4.77. The summed E-state index contributed by atoms with van der Waals surface area (Å²) in [5, 5.41) is 18.8. The van der Waals surface area contributed by atoms with Crippen LogP contribution in [0.4, 0.5) is 0 Å². The molecule has 2 aromatic heterocycles. The highest BCUT2D eigenvalue weighted by Gasteiger charge is 2.41. The summed E-state index contributed by atoms with van der Waals surface area (Å²) in [6.45, 7) is 9.97. The molecule has 2 N–H and O–H groups in total. The molecule has 0 saturated carbocycles. The molecule has 0 aliphatic rings. The Balaban J connectivity index is 1.90. The van der Waals surface area contributed by atoms with Crippen molar-refractivity contribution in [2.75, 3.05) is 17.3 Å². The van der Waals surface area contributed by atoms with Crippen molar-refractivity contribution < 1.29 is 28.2 Å². The minimum Gasteiger partial charge on any atom is -0.616 e. The van der Waals surface area contributed by atoms with E-state index in [2.05, 4.69) is 0 Å². The second-order valence-corrected chi connectivity index (χ2v) is 14.3. The molecule has 3 atom stereocenters. The van der Waals surface area contributed by atoms with Crippen LogP contribution in [0.3, 0.4) is 0 Å². The highest BCUT2D eigenvalue weighted by molar-refractivity contribution is 7.92. The molecule has 0 saturated heterocycles. The molecule has 0 radical (unpaired) electrons. The largest absolute Gasteiger partial charge is 0.616 e. The summed E-state index contributed by atoms with van der Waals surface area (Å²) >= 11 is -2.52. The molecule has 0 aromatic carbocycles. The molecular weight excluding hydrogens is 516 g/mol. The fourth-order valence-corrected chi connectivity index (χ4v) is 8.03. The van der Waals surface area contributed by atoms with E-state index >= 15 is 0 Å². The van der Waals surface area contributed by atoms with Crippen LogP contribution in [-0.2, 0) is 28.8 Å². The minimum absolute atomic E-state index is 0.209. The molecule has 0 amide bonds. The third kappa shape index (κ3) is 9.12. The zero-order valence-corrected chi connectivity index (χ0v) is 24.0. The van der Waals surface area contributed by atoms with E-state index in [-0.39, 0.29) is 16.7 Å². The van der Waals surface area contributed by atoms with E-state index in [1.165, 1.54) is 12.5 Å². The monoisotopic (exact) mass is 556 g/mol. The predicted octanol–water partition coefficient (Wildman–Crippen LogP) is 4.81. The third-order valence-corrected chi connectivity index (χ3v) is 10.1. The van der Waals surface area contributed by atoms with Crippen molar-refractivity contribution in [2.45, 2.75) is 78.4 Å². The summed E-state index contributed by atoms with van der Waals surface area (Å²) in [5.41, 5.74) is -1.08. The molecule has 2 rings (SSSR count). The van der Waals surface area contributed by atoms with Crippen molar-refractivity contribution in [3.05, 3.63) is 56.6 Å². The molecule has 208 valence electrons. The first kappa shape index (κ1) is 31.3. The molecule has 3 unspecified atom stereocenters. The van der Waals surface area contributed by atoms with Gasteiger partial charge in [0.15, 0.2) is 16.7 Å². The zero-order chi connectivity index (χ0) is 27.8. The lowest BCUT2D eigenvalue weighted by Gasteiger charge is -2.34. The normalized spacial score (nSPS) is 14.9. The Bertz CT molecular complexity index is 1110. The maximum atomic E-state index is 13.4. The van der Waals surface area contributed by atoms with Crippen LogP contribution in [0, 0.1) is 10.8 Å². The smallest absolute Gasteiger partial charge is 0.234 e. The van der Waals surface area contributed by atoms with Gasteiger partial charge in [-0.15, -0.1) is 0 Å². The molecular formula is C27H40O8S2. The Morgan fingerprint density at radius 2 is 1.46 bits per heavy atom. The lowest BCUT2D eigenvalue weighted by Crippen LogP contribution is -2.34. The topological polar surface area (TPSA) is 147 Å². The summed E-state index contributed by atoms with van der Waals surface area (Å²) < 4.78 is 36.1. The van der Waals surface area contributed by atoms with Crippen molar-refractivity contribution in [3.8, 4) is 11.5 Å². The van der Waals surface area contributed by atoms with Crippen molar-refractivity contribution in [2.24, 2.45) is 10.8 Å². The molecule has 0 spiro atoms. The number of aromatic hydroxyl groups is 2. The van der Waals surface area contributed by atoms with Gasteiger partial charge >= 0.3 is 0 Å². The highest BCUT2D eigenvalue weighted by atomic mass is 32.2. The van der Waals surface area contributed by atoms with E-state index in [0.717, 1.165) is 31.8 Å². The van der Waals surface area contributed by atoms with E-state index < -0.39 is 55.4 Å². The van der Waals surface area contributed by atoms with Crippen molar-refractivity contribution in [1.29, 1.82) is 0 Å². The first-order valence-electron chi connectivity index (χ1n) is 12.6. The quantitative estimate of drug-likeness (QED) is 0.297. The molecule has 2 aromatic rings. The molecule has 0 bridgehead atoms. The highest BCUT2D eigenvalue weighted by Crippen LogP contribution is 2.43. The standard InChI is InChI=1S/C27H40O8S2/c1-6-9-27(4,5)25(20-16-35-18-22(29)24(20)31)37(33)13-8-12-36(32)11-7-10-26(2,3)14-19-15-34-17-21(28)23(19)30/h15-18,25,28-29H,6-14H2,1-5H3. The van der Waals surface area contributed by atoms with Crippen LogP contribution >= 0.6 is 0 Å². The average Bonchev–Trinajstić information content (AvgIpc) is 2.79. The van der Waals surface area contributed by atoms with E-state index in [1.54, 1.807) is 0 Å². The van der Waals surface area contributed by atoms with Crippen LogP contribution in [0.2, 0.25) is 0 Å². The summed E-state index contributed by atoms with van der Waals surface area (Å²) in [4.78, 5) is 24.6. The first-order valence-corrected chi connectivity index (χ1v) is 15.5. The van der Waals surface area contributed by atoms with Gasteiger partial charge in [0.1, 0.15) is 36.0 Å². The van der Waals surface area contributed by atoms with Gasteiger partial charge in [0.05, 0.1) is 11.8 Å². The Kier molecular flexibility index (Phi) is 11.7. The van der Waals surface area contributed by atoms with Crippen molar-refractivity contribution in [3.63, 3.8) is 0 Å². The van der Waals surface area contributed by atoms with E-state index in [9.17, 15) is 28.9 Å². The third-order valence-electron chi connectivity index (χ3n) is 6.55. The van der Waals surface area contributed by atoms with Crippen LogP contribution < -0.4 is 10.9 Å². The van der Waals surface area contributed by atoms with E-state index in [4.69, 9.17) is 8.83 Å². The Hall–Kier alpha value is -1.88. The predicted molar refractivity (Wildman–Crippen MR) is 147 cm³/mol. The van der Waals surface area contributed by atoms with E-state index in [0.29, 0.717) is 36.3 Å². The van der Waals surface area contributed by atoms with Crippen LogP contribution in [0.25, 0.3) is 0 Å². The summed E-state index contributed by atoms with van der Waals surface area (Å²) in [5.74, 6) is 0.277. The Labute approximate surface area is 224 Å². The van der Waals surface area contributed by atoms with Gasteiger partial charge < -0.3 is 28.2 Å². The minimum atomic E-state index is -1.43. The van der Waals surface area contributed by atoms with Crippen LogP contribution in [0.15, 0.2) is 43.5 Å². The molecule has 2 heterocycles. The maximum absolute atomic E-state index is 13.4. The zero-order valence-electron chi connectivity index (χ0n) is 22.4. The van der Waals surface area contributed by atoms with Crippen molar-refractivity contribution >= 4 is 22.4 Å². The van der Waals surface area contributed by atoms with Gasteiger partial charge in [-0.3, -0.25) is 9.59 Å². The maximum Gasteiger partial charge on any atom is 0.234 e. The SMILES string of the molecule is CCCC(C)(C)C(c1cocc(O)c1=O)[S+]([O-])CCC[S+]([O-])CCCC(C)(C)Cc1cocc(O)c1=O. The second-order valence-electron chi connectivity index (χ2n) is 11.0. The summed E-state index contributed by atoms with van der Waals surface area (Å²) in [6, 6.07) is 0. The molecule has 37 heavy (non-hydrogen) atoms. The number of hydrogen-bond acceptors (Lipinski definition) is 8. The Morgan fingerprint density at radius 3 is 2.11 bits per heavy atom. The molecule has 0 aliphatic heterocycles. The van der Waals surface area contributed by atoms with Crippen molar-refractivity contribution in [1.82, 2.24) is 0 Å². The number of hydrogen-bond donors (Lipinski definition) is 2. The fraction of sp³-hybridized carbons (Fsp3) is 0.630. The van der Waals surface area contributed by atoms with Gasteiger partial charge in [-0.05, 0) is 42.3 Å². The molecule has 0 fully saturated rings. The second kappa shape index (κ2) is 13.8. The van der Waals surface area contributed by atoms with Crippen LogP contribution in [0.1, 0.15) is 83.1 Å².